The van der Waals surface area contributed by atoms with Crippen LogP contribution in [-0.4, -0.2) is 83.3 Å². The number of anilines is 1. The minimum absolute atomic E-state index is 0. The lowest BCUT2D eigenvalue weighted by molar-refractivity contribution is -0.605. The molecule has 18 heteroatoms. The molecule has 2 fully saturated rings. The van der Waals surface area contributed by atoms with Crippen LogP contribution in [0, 0.1) is 11.1 Å². The van der Waals surface area contributed by atoms with Gasteiger partial charge >= 0.3 is 12.6 Å². The Labute approximate surface area is 304 Å². The van der Waals surface area contributed by atoms with Crippen molar-refractivity contribution in [2.24, 2.45) is 5.92 Å². The van der Waals surface area contributed by atoms with E-state index in [1.165, 1.54) is 36.4 Å². The number of sulfonamides is 1. The molecular formula is C32H36Cl3F2N3O9S. The van der Waals surface area contributed by atoms with E-state index in [4.69, 9.17) is 37.4 Å². The molecule has 0 bridgehead atoms. The van der Waals surface area contributed by atoms with Gasteiger partial charge in [0.2, 0.25) is 10.0 Å². The maximum Gasteiger partial charge on any atom is 0.387 e. The lowest BCUT2D eigenvalue weighted by Gasteiger charge is -2.30. The molecule has 12 nitrogen and oxygen atoms in total. The van der Waals surface area contributed by atoms with E-state index >= 15 is 0 Å². The molecule has 0 unspecified atom stereocenters. The van der Waals surface area contributed by atoms with E-state index in [0.29, 0.717) is 43.1 Å². The van der Waals surface area contributed by atoms with Crippen LogP contribution in [0.25, 0.3) is 0 Å². The predicted octanol–water partition coefficient (Wildman–Crippen LogP) is 5.38. The zero-order chi connectivity index (χ0) is 35.3. The van der Waals surface area contributed by atoms with E-state index in [-0.39, 0.29) is 82.0 Å². The Morgan fingerprint density at radius 2 is 1.80 bits per heavy atom. The second-order valence-electron chi connectivity index (χ2n) is 11.7. The zero-order valence-corrected chi connectivity index (χ0v) is 29.9. The van der Waals surface area contributed by atoms with Crippen molar-refractivity contribution in [2.45, 2.75) is 32.0 Å². The van der Waals surface area contributed by atoms with E-state index in [9.17, 15) is 32.3 Å². The quantitative estimate of drug-likeness (QED) is 0.121. The number of hydrogen-bond acceptors (Lipinski definition) is 10. The largest absolute Gasteiger partial charge is 0.619 e. The summed E-state index contributed by atoms with van der Waals surface area (Å²) in [6, 6.07) is 7.76. The summed E-state index contributed by atoms with van der Waals surface area (Å²) in [6.07, 6.45) is 3.71. The third-order valence-corrected chi connectivity index (χ3v) is 9.86. The number of phenolic OH excluding ortho intramolecular Hbond substituents is 1. The van der Waals surface area contributed by atoms with Crippen molar-refractivity contribution >= 4 is 57.3 Å². The lowest BCUT2D eigenvalue weighted by atomic mass is 10.0. The molecule has 0 spiro atoms. The Balaban J connectivity index is 0.00000562. The normalized spacial score (nSPS) is 15.6. The highest BCUT2D eigenvalue weighted by Crippen LogP contribution is 2.38. The molecule has 274 valence electrons. The van der Waals surface area contributed by atoms with E-state index in [2.05, 4.69) is 4.74 Å². The number of benzene rings is 2. The number of hydrogen-bond donors (Lipinski definition) is 1. The van der Waals surface area contributed by atoms with Gasteiger partial charge in [-0.25, -0.2) is 13.2 Å². The topological polar surface area (TPSA) is 142 Å². The average molecular weight is 783 g/mol. The second kappa shape index (κ2) is 17.2. The highest BCUT2D eigenvalue weighted by Gasteiger charge is 2.28. The summed E-state index contributed by atoms with van der Waals surface area (Å²) in [7, 11) is -3.90. The van der Waals surface area contributed by atoms with Crippen LogP contribution in [0.2, 0.25) is 10.0 Å². The molecule has 1 aliphatic carbocycles. The van der Waals surface area contributed by atoms with Gasteiger partial charge in [-0.15, -0.1) is 12.4 Å². The van der Waals surface area contributed by atoms with E-state index in [1.807, 2.05) is 4.90 Å². The van der Waals surface area contributed by atoms with Crippen LogP contribution in [0.4, 0.5) is 14.5 Å². The number of phenols is 1. The van der Waals surface area contributed by atoms with Gasteiger partial charge in [0.1, 0.15) is 21.9 Å². The number of alkyl halides is 2. The summed E-state index contributed by atoms with van der Waals surface area (Å²) in [6.45, 7) is -0.245. The minimum Gasteiger partial charge on any atom is -0.619 e. The minimum atomic E-state index is -3.90. The van der Waals surface area contributed by atoms with Gasteiger partial charge in [0, 0.05) is 38.2 Å². The Hall–Kier alpha value is -3.34. The summed E-state index contributed by atoms with van der Waals surface area (Å²) < 4.78 is 75.3. The fourth-order valence-electron chi connectivity index (χ4n) is 5.23. The maximum absolute atomic E-state index is 13.7. The number of morpholine rings is 1. The molecule has 1 aliphatic heterocycles. The first-order chi connectivity index (χ1) is 23.3. The number of carbonyl (C=O) groups is 1. The van der Waals surface area contributed by atoms with E-state index in [1.54, 1.807) is 0 Å². The number of esters is 1. The van der Waals surface area contributed by atoms with Gasteiger partial charge in [-0.3, -0.25) is 9.21 Å². The SMILES string of the molecule is CS(=O)(=O)N(CCN1CCOCC1)c1cc(C(=O)O[C@@H](Cc2c(Cl)c[n+]([O-])cc2Cl)c2ccc(OC(F)F)c(OCC3CC3)c2)ccc1O.Cl. The number of rotatable bonds is 15. The number of pyridine rings is 1. The van der Waals surface area contributed by atoms with E-state index < -0.39 is 28.7 Å². The molecule has 5 rings (SSSR count). The summed E-state index contributed by atoms with van der Waals surface area (Å²) in [5.41, 5.74) is 0.344. The summed E-state index contributed by atoms with van der Waals surface area (Å²) in [5, 5.41) is 22.6. The number of aromatic nitrogens is 1. The highest BCUT2D eigenvalue weighted by atomic mass is 35.5. The van der Waals surface area contributed by atoms with Gasteiger partial charge in [-0.05, 0) is 54.7 Å². The van der Waals surface area contributed by atoms with Crippen LogP contribution in [-0.2, 0) is 25.9 Å². The molecule has 0 radical (unpaired) electrons. The third-order valence-electron chi connectivity index (χ3n) is 8.03. The first-order valence-electron chi connectivity index (χ1n) is 15.4. The summed E-state index contributed by atoms with van der Waals surface area (Å²) in [4.78, 5) is 15.8. The molecule has 1 atom stereocenters. The molecule has 2 heterocycles. The van der Waals surface area contributed by atoms with Crippen LogP contribution >= 0.6 is 35.6 Å². The molecule has 1 saturated carbocycles. The molecule has 2 aromatic carbocycles. The maximum atomic E-state index is 13.7. The van der Waals surface area contributed by atoms with Crippen molar-refractivity contribution in [3.63, 3.8) is 0 Å². The molecule has 1 N–H and O–H groups in total. The lowest BCUT2D eigenvalue weighted by Crippen LogP contribution is -2.43. The molecule has 50 heavy (non-hydrogen) atoms. The molecular weight excluding hydrogens is 747 g/mol. The number of nitrogens with zero attached hydrogens (tertiary/aromatic N) is 3. The fourth-order valence-corrected chi connectivity index (χ4v) is 6.75. The van der Waals surface area contributed by atoms with Gasteiger partial charge in [0.05, 0.1) is 37.3 Å². The van der Waals surface area contributed by atoms with Crippen molar-refractivity contribution in [3.8, 4) is 17.2 Å². The standard InChI is InChI=1S/C32H35Cl2F2N3O9S.ClH/c1-49(43,44)39(9-8-37-10-12-45-13-11-37)26-14-22(4-6-27(26)40)31(41)47-29(16-23-24(33)17-38(42)18-25(23)34)21-5-7-28(48-32(35)36)30(15-21)46-19-20-2-3-20;/h4-7,14-15,17-18,20,29,32,40H,2-3,8-13,16,19H2,1H3;1H/t29-;/m0./s1. The number of ether oxygens (including phenoxy) is 4. The molecule has 1 saturated heterocycles. The van der Waals surface area contributed by atoms with Gasteiger partial charge in [-0.2, -0.15) is 13.5 Å². The third kappa shape index (κ3) is 10.6. The van der Waals surface area contributed by atoms with E-state index in [0.717, 1.165) is 35.8 Å². The number of halogens is 5. The average Bonchev–Trinajstić information content (AvgIpc) is 3.87. The smallest absolute Gasteiger partial charge is 0.387 e. The van der Waals surface area contributed by atoms with Crippen molar-refractivity contribution < 1.29 is 50.8 Å². The Morgan fingerprint density at radius 3 is 2.42 bits per heavy atom. The monoisotopic (exact) mass is 781 g/mol. The summed E-state index contributed by atoms with van der Waals surface area (Å²) >= 11 is 12.7. The van der Waals surface area contributed by atoms with Crippen LogP contribution in [0.1, 0.15) is 40.4 Å². The molecule has 0 amide bonds. The van der Waals surface area contributed by atoms with Gasteiger partial charge < -0.3 is 29.3 Å². The molecule has 3 aromatic rings. The zero-order valence-electron chi connectivity index (χ0n) is 26.8. The van der Waals surface area contributed by atoms with Crippen LogP contribution < -0.4 is 18.5 Å². The number of aromatic hydroxyl groups is 1. The van der Waals surface area contributed by atoms with Crippen LogP contribution in [0.15, 0.2) is 48.8 Å². The van der Waals surface area contributed by atoms with Gasteiger partial charge in [-0.1, -0.05) is 29.3 Å². The second-order valence-corrected chi connectivity index (χ2v) is 14.4. The first-order valence-corrected chi connectivity index (χ1v) is 18.0. The van der Waals surface area contributed by atoms with Gasteiger partial charge in [0.25, 0.3) is 0 Å². The molecule has 1 aromatic heterocycles. The van der Waals surface area contributed by atoms with Crippen LogP contribution in [0.3, 0.4) is 0 Å². The van der Waals surface area contributed by atoms with Crippen molar-refractivity contribution in [1.29, 1.82) is 0 Å². The fraction of sp³-hybridized carbons (Fsp3) is 0.438. The Bertz CT molecular complexity index is 1740. The Morgan fingerprint density at radius 1 is 1.12 bits per heavy atom. The van der Waals surface area contributed by atoms with Crippen molar-refractivity contribution in [2.75, 3.05) is 56.6 Å². The molecule has 2 aliphatic rings. The van der Waals surface area contributed by atoms with Crippen molar-refractivity contribution in [1.82, 2.24) is 4.90 Å². The highest BCUT2D eigenvalue weighted by molar-refractivity contribution is 7.92. The van der Waals surface area contributed by atoms with Gasteiger partial charge in [0.15, 0.2) is 23.9 Å². The predicted molar refractivity (Wildman–Crippen MR) is 183 cm³/mol. The first kappa shape index (κ1) is 39.4. The number of carbonyl (C=O) groups excluding carboxylic acids is 1. The Kier molecular flexibility index (Phi) is 13.6. The van der Waals surface area contributed by atoms with Crippen LogP contribution in [0.5, 0.6) is 17.2 Å². The summed E-state index contributed by atoms with van der Waals surface area (Å²) in [5.74, 6) is -1.22. The van der Waals surface area contributed by atoms with Crippen molar-refractivity contribution in [3.05, 3.63) is 80.7 Å².